The van der Waals surface area contributed by atoms with E-state index in [1.54, 1.807) is 24.0 Å². The molecule has 5 nitrogen and oxygen atoms in total. The lowest BCUT2D eigenvalue weighted by Crippen LogP contribution is -2.09. The van der Waals surface area contributed by atoms with E-state index in [9.17, 15) is 4.79 Å². The lowest BCUT2D eigenvalue weighted by Gasteiger charge is -2.03. The Kier molecular flexibility index (Phi) is 3.21. The summed E-state index contributed by atoms with van der Waals surface area (Å²) >= 11 is 1.43. The first-order valence-electron chi connectivity index (χ1n) is 4.82. The summed E-state index contributed by atoms with van der Waals surface area (Å²) in [4.78, 5) is 15.7. The van der Waals surface area contributed by atoms with Gasteiger partial charge in [0.15, 0.2) is 0 Å². The normalized spacial score (nSPS) is 9.88. The van der Waals surface area contributed by atoms with Crippen LogP contribution >= 0.6 is 11.3 Å². The van der Waals surface area contributed by atoms with Crippen molar-refractivity contribution in [1.29, 1.82) is 5.26 Å². The topological polar surface area (TPSA) is 67.9 Å². The molecule has 0 aromatic carbocycles. The standard InChI is InChI=1S/C11H9N3O2S/c1-14-6-8(5-12)4-9(14)11(15)16-7-10-13-2-3-17-10/h2-4,6H,7H2,1H3. The number of rotatable bonds is 3. The average molecular weight is 247 g/mol. The highest BCUT2D eigenvalue weighted by Gasteiger charge is 2.13. The van der Waals surface area contributed by atoms with Crippen molar-refractivity contribution in [2.45, 2.75) is 6.61 Å². The van der Waals surface area contributed by atoms with Gasteiger partial charge in [-0.05, 0) is 6.07 Å². The summed E-state index contributed by atoms with van der Waals surface area (Å²) in [6, 6.07) is 3.48. The van der Waals surface area contributed by atoms with Gasteiger partial charge in [-0.3, -0.25) is 0 Å². The van der Waals surface area contributed by atoms with Crippen LogP contribution in [0.1, 0.15) is 21.1 Å². The number of esters is 1. The maximum absolute atomic E-state index is 11.7. The predicted molar refractivity (Wildman–Crippen MR) is 61.4 cm³/mol. The first-order valence-corrected chi connectivity index (χ1v) is 5.70. The molecule has 0 spiro atoms. The molecule has 2 rings (SSSR count). The summed E-state index contributed by atoms with van der Waals surface area (Å²) in [5, 5.41) is 11.3. The third-order valence-corrected chi connectivity index (χ3v) is 2.91. The van der Waals surface area contributed by atoms with Crippen LogP contribution in [-0.4, -0.2) is 15.5 Å². The zero-order chi connectivity index (χ0) is 12.3. The third kappa shape index (κ3) is 2.52. The minimum absolute atomic E-state index is 0.156. The maximum Gasteiger partial charge on any atom is 0.355 e. The number of nitrogens with zero attached hydrogens (tertiary/aromatic N) is 3. The number of hydrogen-bond donors (Lipinski definition) is 0. The fraction of sp³-hybridized carbons (Fsp3) is 0.182. The molecule has 17 heavy (non-hydrogen) atoms. The van der Waals surface area contributed by atoms with Crippen LogP contribution in [0.5, 0.6) is 0 Å². The Hall–Kier alpha value is -2.13. The predicted octanol–water partition coefficient (Wildman–Crippen LogP) is 1.71. The molecule has 2 heterocycles. The number of nitriles is 1. The second-order valence-electron chi connectivity index (χ2n) is 3.34. The summed E-state index contributed by atoms with van der Waals surface area (Å²) in [5.41, 5.74) is 0.798. The quantitative estimate of drug-likeness (QED) is 0.774. The Labute approximate surface area is 102 Å². The van der Waals surface area contributed by atoms with Crippen LogP contribution in [0.25, 0.3) is 0 Å². The van der Waals surface area contributed by atoms with Gasteiger partial charge in [0.2, 0.25) is 0 Å². The van der Waals surface area contributed by atoms with Crippen LogP contribution < -0.4 is 0 Å². The van der Waals surface area contributed by atoms with Crippen molar-refractivity contribution in [2.24, 2.45) is 7.05 Å². The molecule has 2 aromatic heterocycles. The number of thiazole rings is 1. The Morgan fingerprint density at radius 2 is 2.53 bits per heavy atom. The molecule has 0 N–H and O–H groups in total. The summed E-state index contributed by atoms with van der Waals surface area (Å²) in [5.74, 6) is -0.454. The first-order chi connectivity index (χ1) is 8.20. The molecular formula is C11H9N3O2S. The summed E-state index contributed by atoms with van der Waals surface area (Å²) in [6.45, 7) is 0.156. The zero-order valence-corrected chi connectivity index (χ0v) is 9.90. The van der Waals surface area contributed by atoms with E-state index in [0.29, 0.717) is 11.3 Å². The van der Waals surface area contributed by atoms with E-state index in [0.717, 1.165) is 5.01 Å². The summed E-state index contributed by atoms with van der Waals surface area (Å²) in [6.07, 6.45) is 3.24. The molecule has 0 aliphatic carbocycles. The van der Waals surface area contributed by atoms with Crippen molar-refractivity contribution >= 4 is 17.3 Å². The van der Waals surface area contributed by atoms with Gasteiger partial charge in [0.1, 0.15) is 23.4 Å². The van der Waals surface area contributed by atoms with Gasteiger partial charge < -0.3 is 9.30 Å². The van der Waals surface area contributed by atoms with Crippen LogP contribution in [0, 0.1) is 11.3 Å². The second kappa shape index (κ2) is 4.80. The SMILES string of the molecule is Cn1cc(C#N)cc1C(=O)OCc1nccs1. The molecule has 6 heteroatoms. The maximum atomic E-state index is 11.7. The third-order valence-electron chi connectivity index (χ3n) is 2.15. The van der Waals surface area contributed by atoms with Crippen LogP contribution in [-0.2, 0) is 18.4 Å². The molecule has 0 fully saturated rings. The van der Waals surface area contributed by atoms with Gasteiger partial charge in [0, 0.05) is 24.8 Å². The largest absolute Gasteiger partial charge is 0.454 e. The molecule has 0 aliphatic rings. The molecule has 0 saturated carbocycles. The molecule has 0 unspecified atom stereocenters. The zero-order valence-electron chi connectivity index (χ0n) is 9.08. The highest BCUT2D eigenvalue weighted by molar-refractivity contribution is 7.09. The molecule has 86 valence electrons. The van der Waals surface area contributed by atoms with Gasteiger partial charge in [-0.25, -0.2) is 9.78 Å². The van der Waals surface area contributed by atoms with Crippen molar-refractivity contribution in [3.05, 3.63) is 40.1 Å². The molecule has 2 aromatic rings. The van der Waals surface area contributed by atoms with E-state index in [2.05, 4.69) is 4.98 Å². The summed E-state index contributed by atoms with van der Waals surface area (Å²) in [7, 11) is 1.70. The van der Waals surface area contributed by atoms with Crippen LogP contribution in [0.15, 0.2) is 23.8 Å². The van der Waals surface area contributed by atoms with Gasteiger partial charge in [0.05, 0.1) is 5.56 Å². The Morgan fingerprint density at radius 3 is 3.12 bits per heavy atom. The molecule has 0 amide bonds. The minimum Gasteiger partial charge on any atom is -0.454 e. The van der Waals surface area contributed by atoms with Gasteiger partial charge in [-0.1, -0.05) is 0 Å². The van der Waals surface area contributed by atoms with Crippen LogP contribution in [0.3, 0.4) is 0 Å². The van der Waals surface area contributed by atoms with Crippen molar-refractivity contribution in [3.8, 4) is 6.07 Å². The molecule has 0 atom stereocenters. The Bertz CT molecular complexity index is 566. The summed E-state index contributed by atoms with van der Waals surface area (Å²) < 4.78 is 6.66. The number of aryl methyl sites for hydroxylation is 1. The second-order valence-corrected chi connectivity index (χ2v) is 4.32. The van der Waals surface area contributed by atoms with Crippen molar-refractivity contribution in [2.75, 3.05) is 0 Å². The smallest absolute Gasteiger partial charge is 0.355 e. The molecular weight excluding hydrogens is 238 g/mol. The van der Waals surface area contributed by atoms with Gasteiger partial charge >= 0.3 is 5.97 Å². The minimum atomic E-state index is -0.454. The van der Waals surface area contributed by atoms with E-state index in [-0.39, 0.29) is 6.61 Å². The number of carbonyl (C=O) groups excluding carboxylic acids is 1. The number of ether oxygens (including phenoxy) is 1. The monoisotopic (exact) mass is 247 g/mol. The van der Waals surface area contributed by atoms with E-state index < -0.39 is 5.97 Å². The fourth-order valence-electron chi connectivity index (χ4n) is 1.35. The highest BCUT2D eigenvalue weighted by atomic mass is 32.1. The van der Waals surface area contributed by atoms with E-state index in [4.69, 9.17) is 10.00 Å². The number of hydrogen-bond acceptors (Lipinski definition) is 5. The van der Waals surface area contributed by atoms with E-state index >= 15 is 0 Å². The lowest BCUT2D eigenvalue weighted by molar-refractivity contribution is 0.0461. The van der Waals surface area contributed by atoms with Gasteiger partial charge in [0.25, 0.3) is 0 Å². The van der Waals surface area contributed by atoms with Crippen molar-refractivity contribution < 1.29 is 9.53 Å². The van der Waals surface area contributed by atoms with E-state index in [1.807, 2.05) is 11.4 Å². The average Bonchev–Trinajstić information content (AvgIpc) is 2.94. The van der Waals surface area contributed by atoms with Gasteiger partial charge in [-0.2, -0.15) is 5.26 Å². The molecule has 0 radical (unpaired) electrons. The van der Waals surface area contributed by atoms with E-state index in [1.165, 1.54) is 17.4 Å². The van der Waals surface area contributed by atoms with Crippen molar-refractivity contribution in [3.63, 3.8) is 0 Å². The number of carbonyl (C=O) groups is 1. The van der Waals surface area contributed by atoms with Gasteiger partial charge in [-0.15, -0.1) is 11.3 Å². The highest BCUT2D eigenvalue weighted by Crippen LogP contribution is 2.10. The molecule has 0 bridgehead atoms. The molecule has 0 saturated heterocycles. The first kappa shape index (κ1) is 11.4. The Morgan fingerprint density at radius 1 is 1.71 bits per heavy atom. The number of aromatic nitrogens is 2. The molecule has 0 aliphatic heterocycles. The van der Waals surface area contributed by atoms with Crippen molar-refractivity contribution in [1.82, 2.24) is 9.55 Å². The van der Waals surface area contributed by atoms with Crippen LogP contribution in [0.2, 0.25) is 0 Å². The lowest BCUT2D eigenvalue weighted by atomic mass is 10.3. The van der Waals surface area contributed by atoms with Crippen LogP contribution in [0.4, 0.5) is 0 Å². The Balaban J connectivity index is 2.05. The fourth-order valence-corrected chi connectivity index (χ4v) is 1.88.